The molecular weight excluding hydrogens is 777 g/mol. The first kappa shape index (κ1) is 34.3. The van der Waals surface area contributed by atoms with Crippen LogP contribution in [0, 0.1) is 6.08 Å². The molecule has 2 nitrogen and oxygen atoms in total. The van der Waals surface area contributed by atoms with E-state index in [2.05, 4.69) is 206 Å². The summed E-state index contributed by atoms with van der Waals surface area (Å²) in [6, 6.07) is 74.6. The van der Waals surface area contributed by atoms with Crippen molar-refractivity contribution in [3.8, 4) is 33.4 Å². The predicted molar refractivity (Wildman–Crippen MR) is 259 cm³/mol. The van der Waals surface area contributed by atoms with E-state index < -0.39 is 5.41 Å². The van der Waals surface area contributed by atoms with Crippen LogP contribution >= 0.6 is 0 Å². The van der Waals surface area contributed by atoms with Crippen molar-refractivity contribution in [2.75, 3.05) is 0 Å². The molecule has 0 atom stereocenters. The standard InChI is InChI=1S/C31H18O.C31H17O/c1-5-13-25-19(9-1)20-10-2-6-14-26(20)31(25)27-15-7-3-11-21(27)23-18-30-24(17-28(23)31)22-12-4-8-16-29(22)32-30;1-5-13-25-19(9-1)20-10-2-6-14-26(20)31(25)27-15-7-3-11-21(27)23-17-18-24-22-12-4-8-16-28(22)32-30(24)29(23)31/h1-18H;1-16,18H/q;+1. The number of hydrogen-bond acceptors (Lipinski definition) is 2. The molecule has 5 aliphatic carbocycles. The van der Waals surface area contributed by atoms with Crippen LogP contribution in [0.5, 0.6) is 0 Å². The highest BCUT2D eigenvalue weighted by atomic mass is 16.3. The highest BCUT2D eigenvalue weighted by Crippen LogP contribution is 2.67. The summed E-state index contributed by atoms with van der Waals surface area (Å²) in [4.78, 5) is 0. The average Bonchev–Trinajstić information content (AvgIpc) is 4.19. The molecule has 0 bridgehead atoms. The minimum atomic E-state index is -0.400. The number of fused-ring (bicyclic) bond motifs is 26. The summed E-state index contributed by atoms with van der Waals surface area (Å²) in [5.74, 6) is 0.975. The van der Waals surface area contributed by atoms with Gasteiger partial charge in [0.2, 0.25) is 5.76 Å². The van der Waals surface area contributed by atoms with Crippen LogP contribution in [-0.4, -0.2) is 0 Å². The fourth-order valence-electron chi connectivity index (χ4n) is 12.6. The number of furan rings is 2. The quantitative estimate of drug-likeness (QED) is 0.143. The second-order valence-electron chi connectivity index (χ2n) is 17.6. The molecule has 11 aromatic rings. The highest BCUT2D eigenvalue weighted by molar-refractivity contribution is 6.15. The maximum atomic E-state index is 6.62. The molecular formula is C62H35O2+. The van der Waals surface area contributed by atoms with E-state index in [9.17, 15) is 0 Å². The van der Waals surface area contributed by atoms with E-state index in [0.29, 0.717) is 0 Å². The lowest BCUT2D eigenvalue weighted by Crippen LogP contribution is -2.27. The van der Waals surface area contributed by atoms with Crippen LogP contribution < -0.4 is 0 Å². The normalized spacial score (nSPS) is 15.2. The zero-order chi connectivity index (χ0) is 41.7. The summed E-state index contributed by atoms with van der Waals surface area (Å²) in [6.45, 7) is 0. The first-order valence-electron chi connectivity index (χ1n) is 22.2. The van der Waals surface area contributed by atoms with Crippen molar-refractivity contribution < 1.29 is 8.83 Å². The van der Waals surface area contributed by atoms with Crippen molar-refractivity contribution in [3.05, 3.63) is 268 Å². The van der Waals surface area contributed by atoms with E-state index in [0.717, 1.165) is 39.0 Å². The Kier molecular flexibility index (Phi) is 6.54. The minimum absolute atomic E-state index is 0.300. The summed E-state index contributed by atoms with van der Waals surface area (Å²) >= 11 is 0. The molecule has 64 heavy (non-hydrogen) atoms. The van der Waals surface area contributed by atoms with Gasteiger partial charge in [0.05, 0.1) is 22.4 Å². The Labute approximate surface area is 369 Å². The van der Waals surface area contributed by atoms with Crippen molar-refractivity contribution in [1.29, 1.82) is 0 Å². The third kappa shape index (κ3) is 4.02. The molecule has 0 saturated carbocycles. The summed E-state index contributed by atoms with van der Waals surface area (Å²) in [5, 5.41) is 3.51. The fourth-order valence-corrected chi connectivity index (χ4v) is 12.6. The van der Waals surface area contributed by atoms with Gasteiger partial charge in [0.25, 0.3) is 0 Å². The van der Waals surface area contributed by atoms with Crippen molar-refractivity contribution in [1.82, 2.24) is 0 Å². The van der Waals surface area contributed by atoms with E-state index in [1.165, 1.54) is 94.2 Å². The third-order valence-electron chi connectivity index (χ3n) is 14.9. The van der Waals surface area contributed by atoms with Crippen LogP contribution in [0.15, 0.2) is 215 Å². The maximum absolute atomic E-state index is 6.62. The minimum Gasteiger partial charge on any atom is -0.456 e. The molecule has 0 N–H and O–H groups in total. The third-order valence-corrected chi connectivity index (χ3v) is 14.9. The molecule has 5 aliphatic rings. The van der Waals surface area contributed by atoms with Gasteiger partial charge in [-0.3, -0.25) is 0 Å². The van der Waals surface area contributed by atoms with Crippen LogP contribution in [-0.2, 0) is 10.8 Å². The van der Waals surface area contributed by atoms with E-state index in [-0.39, 0.29) is 5.41 Å². The molecule has 2 spiro atoms. The van der Waals surface area contributed by atoms with Gasteiger partial charge in [0.1, 0.15) is 33.3 Å². The molecule has 0 saturated heterocycles. The Balaban J connectivity index is 0.000000119. The SMILES string of the molecule is [C+]1=Cc2c(oc3ccccc23)C2=C1c1ccccc1C21c2ccccc2-c2ccccc21.c1ccc2c(c1)-c1ccccc1C21c2ccccc2-c2cc3oc4ccccc4c3cc21. The van der Waals surface area contributed by atoms with Gasteiger partial charge in [-0.2, -0.15) is 0 Å². The number of hydrogen-bond donors (Lipinski definition) is 0. The molecule has 0 fully saturated rings. The largest absolute Gasteiger partial charge is 0.456 e. The molecule has 2 aromatic heterocycles. The molecule has 9 aromatic carbocycles. The second kappa shape index (κ2) is 12.2. The monoisotopic (exact) mass is 811 g/mol. The van der Waals surface area contributed by atoms with Crippen LogP contribution in [0.1, 0.15) is 55.8 Å². The Bertz CT molecular complexity index is 3830. The topological polar surface area (TPSA) is 26.3 Å². The van der Waals surface area contributed by atoms with Crippen molar-refractivity contribution in [3.63, 3.8) is 0 Å². The lowest BCUT2D eigenvalue weighted by molar-refractivity contribution is 0.588. The Morgan fingerprint density at radius 1 is 0.312 bits per heavy atom. The van der Waals surface area contributed by atoms with E-state index in [4.69, 9.17) is 8.83 Å². The van der Waals surface area contributed by atoms with Crippen molar-refractivity contribution >= 4 is 50.1 Å². The van der Waals surface area contributed by atoms with Crippen LogP contribution in [0.3, 0.4) is 0 Å². The van der Waals surface area contributed by atoms with E-state index in [1.54, 1.807) is 0 Å². The Hall–Kier alpha value is -8.29. The molecule has 2 heterocycles. The molecule has 0 radical (unpaired) electrons. The first-order chi connectivity index (χ1) is 31.8. The number of rotatable bonds is 0. The molecule has 2 heteroatoms. The van der Waals surface area contributed by atoms with Gasteiger partial charge in [-0.25, -0.2) is 0 Å². The van der Waals surface area contributed by atoms with Crippen LogP contribution in [0.2, 0.25) is 0 Å². The lowest BCUT2D eigenvalue weighted by atomic mass is 9.68. The number of allylic oxidation sites excluding steroid dienone is 3. The maximum Gasteiger partial charge on any atom is 0.225 e. The summed E-state index contributed by atoms with van der Waals surface area (Å²) < 4.78 is 12.9. The van der Waals surface area contributed by atoms with E-state index in [1.807, 2.05) is 12.1 Å². The summed E-state index contributed by atoms with van der Waals surface area (Å²) in [6.07, 6.45) is 5.79. The van der Waals surface area contributed by atoms with Gasteiger partial charge in [-0.05, 0) is 109 Å². The van der Waals surface area contributed by atoms with Gasteiger partial charge in [0.15, 0.2) is 5.57 Å². The molecule has 0 unspecified atom stereocenters. The van der Waals surface area contributed by atoms with Gasteiger partial charge >= 0.3 is 0 Å². The zero-order valence-electron chi connectivity index (χ0n) is 34.5. The number of para-hydroxylation sites is 2. The van der Waals surface area contributed by atoms with Crippen molar-refractivity contribution in [2.45, 2.75) is 10.8 Å². The zero-order valence-corrected chi connectivity index (χ0v) is 34.5. The lowest BCUT2D eigenvalue weighted by Gasteiger charge is -2.30. The van der Waals surface area contributed by atoms with Crippen LogP contribution in [0.25, 0.3) is 83.5 Å². The molecule has 0 aliphatic heterocycles. The Morgan fingerprint density at radius 2 is 0.734 bits per heavy atom. The van der Waals surface area contributed by atoms with Gasteiger partial charge < -0.3 is 8.83 Å². The summed E-state index contributed by atoms with van der Waals surface area (Å²) in [7, 11) is 0. The average molecular weight is 812 g/mol. The molecule has 16 rings (SSSR count). The van der Waals surface area contributed by atoms with Gasteiger partial charge in [-0.15, -0.1) is 0 Å². The van der Waals surface area contributed by atoms with Gasteiger partial charge in [-0.1, -0.05) is 164 Å². The summed E-state index contributed by atoms with van der Waals surface area (Å²) in [5.41, 5.74) is 24.2. The second-order valence-corrected chi connectivity index (χ2v) is 17.6. The first-order valence-corrected chi connectivity index (χ1v) is 22.2. The van der Waals surface area contributed by atoms with Gasteiger partial charge in [0, 0.05) is 22.4 Å². The predicted octanol–water partition coefficient (Wildman–Crippen LogP) is 15.4. The highest BCUT2D eigenvalue weighted by Gasteiger charge is 2.60. The van der Waals surface area contributed by atoms with E-state index >= 15 is 0 Å². The molecule has 294 valence electrons. The molecule has 0 amide bonds. The van der Waals surface area contributed by atoms with Crippen LogP contribution in [0.4, 0.5) is 0 Å². The fraction of sp³-hybridized carbons (Fsp3) is 0.0323. The number of benzene rings is 9. The smallest absolute Gasteiger partial charge is 0.225 e. The van der Waals surface area contributed by atoms with Crippen molar-refractivity contribution in [2.24, 2.45) is 0 Å². The Morgan fingerprint density at radius 3 is 1.30 bits per heavy atom.